The molecule has 2 aromatic rings. The second-order valence-corrected chi connectivity index (χ2v) is 4.96. The molecule has 0 aromatic carbocycles. The van der Waals surface area contributed by atoms with E-state index in [1.807, 2.05) is 0 Å². The van der Waals surface area contributed by atoms with E-state index in [1.54, 1.807) is 12.3 Å². The van der Waals surface area contributed by atoms with Gasteiger partial charge >= 0.3 is 11.7 Å². The van der Waals surface area contributed by atoms with Crippen molar-refractivity contribution < 1.29 is 14.5 Å². The number of carbonyl (C=O) groups is 1. The minimum atomic E-state index is -0.621. The van der Waals surface area contributed by atoms with Gasteiger partial charge in [-0.2, -0.15) is 0 Å². The molecule has 0 fully saturated rings. The van der Waals surface area contributed by atoms with Gasteiger partial charge in [-0.25, -0.2) is 14.8 Å². The van der Waals surface area contributed by atoms with Crippen LogP contribution in [0.25, 0.3) is 11.3 Å². The van der Waals surface area contributed by atoms with Gasteiger partial charge in [-0.15, -0.1) is 11.3 Å². The molecule has 0 amide bonds. The van der Waals surface area contributed by atoms with E-state index in [0.29, 0.717) is 11.1 Å². The molecule has 0 bridgehead atoms. The van der Waals surface area contributed by atoms with Crippen molar-refractivity contribution in [3.05, 3.63) is 37.4 Å². The number of hydrogen-bond donors (Lipinski definition) is 0. The van der Waals surface area contributed by atoms with Gasteiger partial charge < -0.3 is 4.74 Å². The maximum absolute atomic E-state index is 11.7. The summed E-state index contributed by atoms with van der Waals surface area (Å²) in [7, 11) is 1.24. The Bertz CT molecular complexity index is 701. The highest BCUT2D eigenvalue weighted by Gasteiger charge is 2.26. The largest absolute Gasteiger partial charge is 0.465 e. The van der Waals surface area contributed by atoms with E-state index in [0.717, 1.165) is 17.5 Å². The quantitative estimate of drug-likeness (QED) is 0.374. The SMILES string of the molecule is COC(=O)c1scc(C)c1-c1nc(Cl)ncc1[N+](=O)[O-]. The third-order valence-corrected chi connectivity index (χ3v) is 3.78. The number of nitrogens with zero attached hydrogens (tertiary/aromatic N) is 3. The molecule has 9 heteroatoms. The average molecular weight is 314 g/mol. The third kappa shape index (κ3) is 2.47. The zero-order chi connectivity index (χ0) is 14.9. The van der Waals surface area contributed by atoms with Crippen LogP contribution in [-0.4, -0.2) is 28.0 Å². The Hall–Kier alpha value is -2.06. The van der Waals surface area contributed by atoms with Crippen molar-refractivity contribution >= 4 is 34.6 Å². The lowest BCUT2D eigenvalue weighted by atomic mass is 10.1. The van der Waals surface area contributed by atoms with Gasteiger partial charge in [0.25, 0.3) is 0 Å². The van der Waals surface area contributed by atoms with Gasteiger partial charge in [0.05, 0.1) is 12.0 Å². The maximum atomic E-state index is 11.7. The first-order valence-electron chi connectivity index (χ1n) is 5.29. The van der Waals surface area contributed by atoms with Gasteiger partial charge in [-0.3, -0.25) is 10.1 Å². The van der Waals surface area contributed by atoms with E-state index in [4.69, 9.17) is 11.6 Å². The monoisotopic (exact) mass is 313 g/mol. The molecular formula is C11H8ClN3O4S. The predicted octanol–water partition coefficient (Wildman–Crippen LogP) is 2.86. The second-order valence-electron chi connectivity index (χ2n) is 3.74. The van der Waals surface area contributed by atoms with Crippen LogP contribution in [0.1, 0.15) is 15.2 Å². The fraction of sp³-hybridized carbons (Fsp3) is 0.182. The molecule has 2 aromatic heterocycles. The topological polar surface area (TPSA) is 95.2 Å². The number of halogens is 1. The fourth-order valence-electron chi connectivity index (χ4n) is 1.65. The normalized spacial score (nSPS) is 10.3. The molecule has 0 unspecified atom stereocenters. The second kappa shape index (κ2) is 5.51. The number of thiophene rings is 1. The van der Waals surface area contributed by atoms with Crippen molar-refractivity contribution in [3.8, 4) is 11.3 Å². The van der Waals surface area contributed by atoms with Gasteiger partial charge in [0.2, 0.25) is 5.28 Å². The lowest BCUT2D eigenvalue weighted by molar-refractivity contribution is -0.384. The molecule has 0 spiro atoms. The Balaban J connectivity index is 2.74. The van der Waals surface area contributed by atoms with Crippen LogP contribution in [0.2, 0.25) is 5.28 Å². The highest BCUT2D eigenvalue weighted by Crippen LogP contribution is 2.36. The molecule has 2 rings (SSSR count). The molecule has 0 aliphatic carbocycles. The molecule has 0 atom stereocenters. The Morgan fingerprint density at radius 2 is 2.25 bits per heavy atom. The summed E-state index contributed by atoms with van der Waals surface area (Å²) in [6.45, 7) is 1.72. The molecule has 104 valence electrons. The first-order chi connectivity index (χ1) is 9.45. The number of aromatic nitrogens is 2. The molecule has 0 N–H and O–H groups in total. The van der Waals surface area contributed by atoms with E-state index < -0.39 is 10.9 Å². The summed E-state index contributed by atoms with van der Waals surface area (Å²) >= 11 is 6.83. The molecule has 0 radical (unpaired) electrons. The first kappa shape index (κ1) is 14.4. The molecule has 0 aliphatic rings. The zero-order valence-electron chi connectivity index (χ0n) is 10.4. The summed E-state index contributed by atoms with van der Waals surface area (Å²) in [5.41, 5.74) is 0.710. The molecule has 0 saturated carbocycles. The van der Waals surface area contributed by atoms with E-state index in [9.17, 15) is 14.9 Å². The smallest absolute Gasteiger partial charge is 0.348 e. The minimum absolute atomic E-state index is 0.00847. The third-order valence-electron chi connectivity index (χ3n) is 2.52. The van der Waals surface area contributed by atoms with Crippen LogP contribution in [0.15, 0.2) is 11.6 Å². The van der Waals surface area contributed by atoms with Crippen molar-refractivity contribution in [1.29, 1.82) is 0 Å². The van der Waals surface area contributed by atoms with Crippen LogP contribution < -0.4 is 0 Å². The molecule has 7 nitrogen and oxygen atoms in total. The van der Waals surface area contributed by atoms with Crippen LogP contribution in [0, 0.1) is 17.0 Å². The minimum Gasteiger partial charge on any atom is -0.465 e. The van der Waals surface area contributed by atoms with Crippen molar-refractivity contribution in [2.75, 3.05) is 7.11 Å². The van der Waals surface area contributed by atoms with Crippen LogP contribution >= 0.6 is 22.9 Å². The molecule has 2 heterocycles. The van der Waals surface area contributed by atoms with Gasteiger partial charge in [-0.1, -0.05) is 0 Å². The predicted molar refractivity (Wildman–Crippen MR) is 73.1 cm³/mol. The number of carbonyl (C=O) groups excluding carboxylic acids is 1. The van der Waals surface area contributed by atoms with Crippen LogP contribution in [0.4, 0.5) is 5.69 Å². The summed E-state index contributed by atoms with van der Waals surface area (Å²) in [6, 6.07) is 0. The van der Waals surface area contributed by atoms with Gasteiger partial charge in [-0.05, 0) is 29.5 Å². The van der Waals surface area contributed by atoms with Crippen molar-refractivity contribution in [2.45, 2.75) is 6.92 Å². The lowest BCUT2D eigenvalue weighted by Gasteiger charge is -2.05. The van der Waals surface area contributed by atoms with Crippen molar-refractivity contribution in [3.63, 3.8) is 0 Å². The highest BCUT2D eigenvalue weighted by atomic mass is 35.5. The summed E-state index contributed by atoms with van der Waals surface area (Å²) < 4.78 is 4.67. The van der Waals surface area contributed by atoms with E-state index in [1.165, 1.54) is 7.11 Å². The van der Waals surface area contributed by atoms with Crippen LogP contribution in [0.3, 0.4) is 0 Å². The van der Waals surface area contributed by atoms with Gasteiger partial charge in [0.15, 0.2) is 5.69 Å². The molecular weight excluding hydrogens is 306 g/mol. The Morgan fingerprint density at radius 1 is 1.55 bits per heavy atom. The van der Waals surface area contributed by atoms with Gasteiger partial charge in [0.1, 0.15) is 11.1 Å². The lowest BCUT2D eigenvalue weighted by Crippen LogP contribution is -2.03. The summed E-state index contributed by atoms with van der Waals surface area (Å²) in [5, 5.41) is 12.6. The van der Waals surface area contributed by atoms with Crippen LogP contribution in [-0.2, 0) is 4.74 Å². The Labute approximate surface area is 122 Å². The number of ether oxygens (including phenoxy) is 1. The summed E-state index contributed by atoms with van der Waals surface area (Å²) in [4.78, 5) is 29.9. The average Bonchev–Trinajstić information content (AvgIpc) is 2.79. The van der Waals surface area contributed by atoms with E-state index in [2.05, 4.69) is 14.7 Å². The highest BCUT2D eigenvalue weighted by molar-refractivity contribution is 7.12. The van der Waals surface area contributed by atoms with Crippen LogP contribution in [0.5, 0.6) is 0 Å². The number of hydrogen-bond acceptors (Lipinski definition) is 7. The Morgan fingerprint density at radius 3 is 2.85 bits per heavy atom. The molecule has 20 heavy (non-hydrogen) atoms. The summed E-state index contributed by atoms with van der Waals surface area (Å²) in [5.74, 6) is -0.581. The molecule has 0 aliphatic heterocycles. The van der Waals surface area contributed by atoms with E-state index in [-0.39, 0.29) is 21.5 Å². The first-order valence-corrected chi connectivity index (χ1v) is 6.55. The number of nitro groups is 1. The van der Waals surface area contributed by atoms with E-state index >= 15 is 0 Å². The zero-order valence-corrected chi connectivity index (χ0v) is 12.0. The maximum Gasteiger partial charge on any atom is 0.348 e. The van der Waals surface area contributed by atoms with Crippen molar-refractivity contribution in [1.82, 2.24) is 9.97 Å². The van der Waals surface area contributed by atoms with Gasteiger partial charge in [0, 0.05) is 5.56 Å². The van der Waals surface area contributed by atoms with Crippen molar-refractivity contribution in [2.24, 2.45) is 0 Å². The Kier molecular flexibility index (Phi) is 3.96. The number of esters is 1. The summed E-state index contributed by atoms with van der Waals surface area (Å²) in [6.07, 6.45) is 1.02. The standard InChI is InChI=1S/C11H8ClN3O4S/c1-5-4-20-9(10(16)19-2)7(5)8-6(15(17)18)3-13-11(12)14-8/h3-4H,1-2H3. The fourth-order valence-corrected chi connectivity index (χ4v) is 2.75. The number of rotatable bonds is 3. The number of methoxy groups -OCH3 is 1. The number of aryl methyl sites for hydroxylation is 1. The molecule has 0 saturated heterocycles.